The number of amides is 3. The lowest BCUT2D eigenvalue weighted by Gasteiger charge is -2.35. The van der Waals surface area contributed by atoms with Crippen molar-refractivity contribution in [1.82, 2.24) is 20.5 Å². The van der Waals surface area contributed by atoms with Gasteiger partial charge in [0.05, 0.1) is 22.2 Å². The summed E-state index contributed by atoms with van der Waals surface area (Å²) >= 11 is 1.59. The number of carbonyl (C=O) groups is 3. The standard InChI is InChI=1S/C33H46N4O4S/c1-6-7-8-9-10-11-12-13-14-28(39)36-30(33(3,4)5)32(41)37-21-26(38)19-27(37)31(40)34-20-24-15-17-25(18-16-24)29-23(2)35-22-42-29/h1,15-18,22,26-27,30,38H,7-14,19-21H2,2-5H3,(H,34,40)(H,36,39)/t26-,27+,30?/m1/s1. The number of benzene rings is 1. The van der Waals surface area contributed by atoms with Gasteiger partial charge in [0.25, 0.3) is 0 Å². The molecule has 3 amide bonds. The van der Waals surface area contributed by atoms with Gasteiger partial charge in [0, 0.05) is 32.4 Å². The summed E-state index contributed by atoms with van der Waals surface area (Å²) in [7, 11) is 0. The molecule has 0 saturated carbocycles. The van der Waals surface area contributed by atoms with Gasteiger partial charge < -0.3 is 20.6 Å². The van der Waals surface area contributed by atoms with Crippen LogP contribution >= 0.6 is 11.3 Å². The Morgan fingerprint density at radius 2 is 1.79 bits per heavy atom. The van der Waals surface area contributed by atoms with E-state index in [1.807, 2.05) is 57.5 Å². The first-order valence-electron chi connectivity index (χ1n) is 15.0. The number of nitrogens with one attached hydrogen (secondary N) is 2. The zero-order chi connectivity index (χ0) is 30.7. The number of thiazole rings is 1. The van der Waals surface area contributed by atoms with Gasteiger partial charge in [-0.1, -0.05) is 70.7 Å². The second-order valence-corrected chi connectivity index (χ2v) is 13.1. The molecule has 2 heterocycles. The molecule has 1 aromatic heterocycles. The largest absolute Gasteiger partial charge is 0.391 e. The van der Waals surface area contributed by atoms with Gasteiger partial charge in [0.15, 0.2) is 0 Å². The highest BCUT2D eigenvalue weighted by Crippen LogP contribution is 2.28. The summed E-state index contributed by atoms with van der Waals surface area (Å²) in [5.74, 6) is 1.82. The van der Waals surface area contributed by atoms with Gasteiger partial charge >= 0.3 is 0 Å². The summed E-state index contributed by atoms with van der Waals surface area (Å²) in [4.78, 5) is 46.6. The van der Waals surface area contributed by atoms with Crippen LogP contribution in [0.15, 0.2) is 29.8 Å². The summed E-state index contributed by atoms with van der Waals surface area (Å²) in [6.45, 7) is 8.02. The summed E-state index contributed by atoms with van der Waals surface area (Å²) in [6.07, 6.45) is 11.8. The number of aryl methyl sites for hydroxylation is 1. The molecule has 1 aliphatic heterocycles. The van der Waals surface area contributed by atoms with E-state index in [0.29, 0.717) is 13.0 Å². The maximum absolute atomic E-state index is 13.7. The normalized spacial score (nSPS) is 17.5. The summed E-state index contributed by atoms with van der Waals surface area (Å²) in [5.41, 5.74) is 4.24. The quantitative estimate of drug-likeness (QED) is 0.211. The monoisotopic (exact) mass is 594 g/mol. The van der Waals surface area contributed by atoms with Gasteiger partial charge in [-0.05, 0) is 36.3 Å². The van der Waals surface area contributed by atoms with Crippen molar-refractivity contribution in [3.05, 3.63) is 41.0 Å². The minimum Gasteiger partial charge on any atom is -0.391 e. The Kier molecular flexibility index (Phi) is 12.6. The van der Waals surface area contributed by atoms with Crippen molar-refractivity contribution in [3.63, 3.8) is 0 Å². The number of β-amino-alcohol motifs (C(OH)–C–C–N with tert-alkyl or cyclic N) is 1. The molecule has 0 aliphatic carbocycles. The maximum atomic E-state index is 13.7. The van der Waals surface area contributed by atoms with Crippen LogP contribution in [0.5, 0.6) is 0 Å². The molecule has 1 fully saturated rings. The van der Waals surface area contributed by atoms with Crippen LogP contribution in [0, 0.1) is 24.7 Å². The zero-order valence-corrected chi connectivity index (χ0v) is 26.3. The SMILES string of the molecule is C#CCCCCCCCCC(=O)NC(C(=O)N1C[C@H](O)C[C@H]1C(=O)NCc1ccc(-c2scnc2C)cc1)C(C)(C)C. The van der Waals surface area contributed by atoms with Gasteiger partial charge in [-0.2, -0.15) is 0 Å². The smallest absolute Gasteiger partial charge is 0.246 e. The van der Waals surface area contributed by atoms with Crippen LogP contribution < -0.4 is 10.6 Å². The van der Waals surface area contributed by atoms with Crippen molar-refractivity contribution < 1.29 is 19.5 Å². The highest BCUT2D eigenvalue weighted by Gasteiger charge is 2.44. The van der Waals surface area contributed by atoms with E-state index in [2.05, 4.69) is 21.5 Å². The molecule has 1 unspecified atom stereocenters. The average molecular weight is 595 g/mol. The van der Waals surface area contributed by atoms with Gasteiger partial charge in [-0.3, -0.25) is 14.4 Å². The number of nitrogens with zero attached hydrogens (tertiary/aromatic N) is 2. The number of terminal acetylenes is 1. The van der Waals surface area contributed by atoms with Gasteiger partial charge in [0.2, 0.25) is 17.7 Å². The third-order valence-corrected chi connectivity index (χ3v) is 8.66. The Morgan fingerprint density at radius 1 is 1.12 bits per heavy atom. The second-order valence-electron chi connectivity index (χ2n) is 12.3. The van der Waals surface area contributed by atoms with Gasteiger partial charge in [-0.25, -0.2) is 4.98 Å². The first-order valence-corrected chi connectivity index (χ1v) is 15.9. The number of likely N-dealkylation sites (tertiary alicyclic amines) is 1. The van der Waals surface area contributed by atoms with Crippen molar-refractivity contribution in [2.45, 2.75) is 110 Å². The lowest BCUT2D eigenvalue weighted by molar-refractivity contribution is -0.144. The number of rotatable bonds is 14. The van der Waals surface area contributed by atoms with E-state index < -0.39 is 23.6 Å². The molecule has 8 nitrogen and oxygen atoms in total. The predicted molar refractivity (Wildman–Crippen MR) is 167 cm³/mol. The minimum absolute atomic E-state index is 0.0575. The van der Waals surface area contributed by atoms with E-state index in [0.717, 1.165) is 66.6 Å². The fourth-order valence-corrected chi connectivity index (χ4v) is 6.04. The molecule has 3 rings (SSSR count). The second kappa shape index (κ2) is 15.9. The van der Waals surface area contributed by atoms with E-state index in [1.54, 1.807) is 11.3 Å². The number of aliphatic hydroxyl groups excluding tert-OH is 1. The van der Waals surface area contributed by atoms with Crippen molar-refractivity contribution in [3.8, 4) is 22.8 Å². The summed E-state index contributed by atoms with van der Waals surface area (Å²) in [5, 5.41) is 16.3. The zero-order valence-electron chi connectivity index (χ0n) is 25.4. The molecule has 3 N–H and O–H groups in total. The molecule has 1 saturated heterocycles. The van der Waals surface area contributed by atoms with Crippen LogP contribution in [0.2, 0.25) is 0 Å². The minimum atomic E-state index is -0.808. The number of hydrogen-bond donors (Lipinski definition) is 3. The molecule has 0 bridgehead atoms. The van der Waals surface area contributed by atoms with Crippen molar-refractivity contribution >= 4 is 29.1 Å². The van der Waals surface area contributed by atoms with E-state index in [9.17, 15) is 19.5 Å². The number of aromatic nitrogens is 1. The number of hydrogen-bond acceptors (Lipinski definition) is 6. The first-order chi connectivity index (χ1) is 20.0. The molecule has 0 radical (unpaired) electrons. The van der Waals surface area contributed by atoms with Crippen LogP contribution in [0.4, 0.5) is 0 Å². The van der Waals surface area contributed by atoms with Crippen LogP contribution in [0.25, 0.3) is 10.4 Å². The molecule has 228 valence electrons. The molecular weight excluding hydrogens is 548 g/mol. The predicted octanol–water partition coefficient (Wildman–Crippen LogP) is 4.98. The van der Waals surface area contributed by atoms with Gasteiger partial charge in [0.1, 0.15) is 12.1 Å². The van der Waals surface area contributed by atoms with E-state index in [-0.39, 0.29) is 30.7 Å². The average Bonchev–Trinajstić information content (AvgIpc) is 3.56. The maximum Gasteiger partial charge on any atom is 0.246 e. The molecule has 1 aromatic carbocycles. The lowest BCUT2D eigenvalue weighted by atomic mass is 9.85. The van der Waals surface area contributed by atoms with E-state index in [1.165, 1.54) is 4.90 Å². The lowest BCUT2D eigenvalue weighted by Crippen LogP contribution is -2.57. The van der Waals surface area contributed by atoms with Gasteiger partial charge in [-0.15, -0.1) is 23.7 Å². The van der Waals surface area contributed by atoms with Crippen molar-refractivity contribution in [2.24, 2.45) is 5.41 Å². The summed E-state index contributed by atoms with van der Waals surface area (Å²) < 4.78 is 0. The van der Waals surface area contributed by atoms with Crippen LogP contribution in [0.1, 0.15) is 89.8 Å². The van der Waals surface area contributed by atoms with Crippen molar-refractivity contribution in [2.75, 3.05) is 6.54 Å². The summed E-state index contributed by atoms with van der Waals surface area (Å²) in [6, 6.07) is 6.33. The fourth-order valence-electron chi connectivity index (χ4n) is 5.23. The first kappa shape index (κ1) is 33.3. The molecule has 9 heteroatoms. The number of unbranched alkanes of at least 4 members (excludes halogenated alkanes) is 6. The topological polar surface area (TPSA) is 112 Å². The Labute approximate surface area is 254 Å². The Balaban J connectivity index is 1.55. The highest BCUT2D eigenvalue weighted by molar-refractivity contribution is 7.13. The Bertz CT molecular complexity index is 1230. The number of aliphatic hydroxyl groups is 1. The molecule has 1 aliphatic rings. The number of carbonyl (C=O) groups excluding carboxylic acids is 3. The molecular formula is C33H46N4O4S. The fraction of sp³-hybridized carbons (Fsp3) is 0.576. The van der Waals surface area contributed by atoms with Crippen LogP contribution in [-0.4, -0.2) is 57.4 Å². The molecule has 2 aromatic rings. The third kappa shape index (κ3) is 9.67. The van der Waals surface area contributed by atoms with Crippen molar-refractivity contribution in [1.29, 1.82) is 0 Å². The Hall–Kier alpha value is -3.22. The van der Waals surface area contributed by atoms with Crippen LogP contribution in [0.3, 0.4) is 0 Å². The third-order valence-electron chi connectivity index (χ3n) is 7.69. The Morgan fingerprint density at radius 3 is 2.40 bits per heavy atom. The molecule has 0 spiro atoms. The highest BCUT2D eigenvalue weighted by atomic mass is 32.1. The molecule has 42 heavy (non-hydrogen) atoms. The van der Waals surface area contributed by atoms with Crippen LogP contribution in [-0.2, 0) is 20.9 Å². The van der Waals surface area contributed by atoms with E-state index in [4.69, 9.17) is 6.42 Å². The van der Waals surface area contributed by atoms with E-state index >= 15 is 0 Å². The molecule has 3 atom stereocenters.